The van der Waals surface area contributed by atoms with Gasteiger partial charge in [0.25, 0.3) is 0 Å². The largest absolute Gasteiger partial charge is 0.360 e. The highest BCUT2D eigenvalue weighted by atomic mass is 32.1. The molecule has 0 atom stereocenters. The first-order valence-electron chi connectivity index (χ1n) is 6.11. The zero-order valence-electron chi connectivity index (χ0n) is 10.3. The summed E-state index contributed by atoms with van der Waals surface area (Å²) in [5.41, 5.74) is 6.64. The number of anilines is 1. The molecule has 0 unspecified atom stereocenters. The number of nitrogens with one attached hydrogen (secondary N) is 1. The Bertz CT molecular complexity index is 692. The molecule has 2 heterocycles. The maximum Gasteiger partial charge on any atom is 0.183 e. The Balaban J connectivity index is 1.92. The lowest BCUT2D eigenvalue weighted by atomic mass is 10.1. The van der Waals surface area contributed by atoms with Gasteiger partial charge in [-0.2, -0.15) is 0 Å². The van der Waals surface area contributed by atoms with Crippen LogP contribution < -0.4 is 11.1 Å². The number of thiazole rings is 1. The molecular formula is C14H14N4S. The van der Waals surface area contributed by atoms with Crippen LogP contribution in [-0.2, 0) is 0 Å². The van der Waals surface area contributed by atoms with E-state index < -0.39 is 0 Å². The summed E-state index contributed by atoms with van der Waals surface area (Å²) in [6.45, 7) is 1.36. The van der Waals surface area contributed by atoms with Crippen molar-refractivity contribution in [2.24, 2.45) is 5.73 Å². The standard InChI is InChI=1S/C14H14N4S/c15-4-6-17-14-18-9-13(19-14)11-1-2-12-8-16-5-3-10(12)7-11/h1-3,5,7-9H,4,6,15H2,(H,17,18). The van der Waals surface area contributed by atoms with E-state index in [1.165, 1.54) is 10.9 Å². The number of aromatic nitrogens is 2. The minimum absolute atomic E-state index is 0.609. The lowest BCUT2D eigenvalue weighted by Crippen LogP contribution is -2.12. The molecule has 1 aromatic carbocycles. The first-order valence-corrected chi connectivity index (χ1v) is 6.92. The summed E-state index contributed by atoms with van der Waals surface area (Å²) in [5, 5.41) is 6.45. The second-order valence-corrected chi connectivity index (χ2v) is 5.21. The van der Waals surface area contributed by atoms with Crippen LogP contribution in [0.1, 0.15) is 0 Å². The quantitative estimate of drug-likeness (QED) is 0.765. The molecule has 3 aromatic rings. The lowest BCUT2D eigenvalue weighted by Gasteiger charge is -2.00. The predicted molar refractivity (Wildman–Crippen MR) is 80.4 cm³/mol. The van der Waals surface area contributed by atoms with Crippen LogP contribution in [-0.4, -0.2) is 23.1 Å². The van der Waals surface area contributed by atoms with Crippen LogP contribution in [0.4, 0.5) is 5.13 Å². The maximum atomic E-state index is 5.46. The van der Waals surface area contributed by atoms with Crippen LogP contribution in [0.2, 0.25) is 0 Å². The third kappa shape index (κ3) is 2.57. The van der Waals surface area contributed by atoms with E-state index in [1.807, 2.05) is 24.7 Å². The number of hydrogen-bond donors (Lipinski definition) is 2. The third-order valence-corrected chi connectivity index (χ3v) is 3.86. The Morgan fingerprint density at radius 1 is 1.16 bits per heavy atom. The fourth-order valence-corrected chi connectivity index (χ4v) is 2.74. The molecule has 0 bridgehead atoms. The Kier molecular flexibility index (Phi) is 3.39. The molecule has 3 rings (SSSR count). The summed E-state index contributed by atoms with van der Waals surface area (Å²) >= 11 is 1.64. The van der Waals surface area contributed by atoms with Crippen molar-refractivity contribution in [3.05, 3.63) is 42.9 Å². The van der Waals surface area contributed by atoms with Gasteiger partial charge < -0.3 is 11.1 Å². The minimum atomic E-state index is 0.609. The molecule has 19 heavy (non-hydrogen) atoms. The van der Waals surface area contributed by atoms with Crippen LogP contribution in [0, 0.1) is 0 Å². The van der Waals surface area contributed by atoms with Crippen molar-refractivity contribution >= 4 is 27.2 Å². The van der Waals surface area contributed by atoms with Crippen molar-refractivity contribution in [3.8, 4) is 10.4 Å². The second-order valence-electron chi connectivity index (χ2n) is 4.18. The van der Waals surface area contributed by atoms with E-state index in [4.69, 9.17) is 5.73 Å². The van der Waals surface area contributed by atoms with Gasteiger partial charge in [0.1, 0.15) is 0 Å². The first kappa shape index (κ1) is 12.1. The van der Waals surface area contributed by atoms with Gasteiger partial charge in [-0.3, -0.25) is 4.98 Å². The lowest BCUT2D eigenvalue weighted by molar-refractivity contribution is 1.02. The van der Waals surface area contributed by atoms with Crippen LogP contribution in [0.5, 0.6) is 0 Å². The molecule has 0 fully saturated rings. The summed E-state index contributed by atoms with van der Waals surface area (Å²) in [5.74, 6) is 0. The van der Waals surface area contributed by atoms with Crippen molar-refractivity contribution in [2.45, 2.75) is 0 Å². The fraction of sp³-hybridized carbons (Fsp3) is 0.143. The highest BCUT2D eigenvalue weighted by Crippen LogP contribution is 2.30. The highest BCUT2D eigenvalue weighted by Gasteiger charge is 2.04. The van der Waals surface area contributed by atoms with Crippen molar-refractivity contribution in [3.63, 3.8) is 0 Å². The van der Waals surface area contributed by atoms with Crippen LogP contribution >= 0.6 is 11.3 Å². The van der Waals surface area contributed by atoms with E-state index in [2.05, 4.69) is 33.5 Å². The monoisotopic (exact) mass is 270 g/mol. The summed E-state index contributed by atoms with van der Waals surface area (Å²) in [7, 11) is 0. The highest BCUT2D eigenvalue weighted by molar-refractivity contribution is 7.18. The fourth-order valence-electron chi connectivity index (χ4n) is 1.90. The van der Waals surface area contributed by atoms with Gasteiger partial charge in [-0.15, -0.1) is 0 Å². The molecule has 0 spiro atoms. The normalized spacial score (nSPS) is 10.8. The van der Waals surface area contributed by atoms with Gasteiger partial charge in [0.05, 0.1) is 4.88 Å². The zero-order valence-corrected chi connectivity index (χ0v) is 11.2. The molecule has 96 valence electrons. The first-order chi connectivity index (χ1) is 9.36. The molecule has 0 saturated heterocycles. The molecular weight excluding hydrogens is 256 g/mol. The Labute approximate surface area is 115 Å². The van der Waals surface area contributed by atoms with Gasteiger partial charge in [-0.25, -0.2) is 4.98 Å². The molecule has 3 N–H and O–H groups in total. The molecule has 2 aromatic heterocycles. The van der Waals surface area contributed by atoms with E-state index >= 15 is 0 Å². The van der Waals surface area contributed by atoms with Crippen molar-refractivity contribution in [1.82, 2.24) is 9.97 Å². The van der Waals surface area contributed by atoms with Gasteiger partial charge >= 0.3 is 0 Å². The number of rotatable bonds is 4. The van der Waals surface area contributed by atoms with E-state index in [-0.39, 0.29) is 0 Å². The Morgan fingerprint density at radius 2 is 2.11 bits per heavy atom. The smallest absolute Gasteiger partial charge is 0.183 e. The van der Waals surface area contributed by atoms with Gasteiger partial charge in [0, 0.05) is 37.1 Å². The summed E-state index contributed by atoms with van der Waals surface area (Å²) in [6.07, 6.45) is 5.58. The van der Waals surface area contributed by atoms with Crippen LogP contribution in [0.25, 0.3) is 21.2 Å². The van der Waals surface area contributed by atoms with Crippen molar-refractivity contribution in [1.29, 1.82) is 0 Å². The average Bonchev–Trinajstić information content (AvgIpc) is 2.93. The number of fused-ring (bicyclic) bond motifs is 1. The van der Waals surface area contributed by atoms with E-state index in [0.717, 1.165) is 21.9 Å². The van der Waals surface area contributed by atoms with Gasteiger partial charge in [0.15, 0.2) is 5.13 Å². The van der Waals surface area contributed by atoms with Crippen molar-refractivity contribution < 1.29 is 0 Å². The molecule has 0 aliphatic heterocycles. The average molecular weight is 270 g/mol. The molecule has 5 heteroatoms. The third-order valence-electron chi connectivity index (χ3n) is 2.85. The molecule has 4 nitrogen and oxygen atoms in total. The van der Waals surface area contributed by atoms with Crippen LogP contribution in [0.3, 0.4) is 0 Å². The van der Waals surface area contributed by atoms with Crippen molar-refractivity contribution in [2.75, 3.05) is 18.4 Å². The van der Waals surface area contributed by atoms with Gasteiger partial charge in [-0.05, 0) is 23.1 Å². The van der Waals surface area contributed by atoms with Gasteiger partial charge in [-0.1, -0.05) is 23.5 Å². The van der Waals surface area contributed by atoms with E-state index in [1.54, 1.807) is 11.3 Å². The van der Waals surface area contributed by atoms with Crippen LogP contribution in [0.15, 0.2) is 42.9 Å². The predicted octanol–water partition coefficient (Wildman–Crippen LogP) is 2.73. The number of pyridine rings is 1. The SMILES string of the molecule is NCCNc1ncc(-c2ccc3cnccc3c2)s1. The molecule has 0 radical (unpaired) electrons. The Hall–Kier alpha value is -1.98. The minimum Gasteiger partial charge on any atom is -0.360 e. The zero-order chi connectivity index (χ0) is 13.1. The summed E-state index contributed by atoms with van der Waals surface area (Å²) in [6, 6.07) is 8.37. The summed E-state index contributed by atoms with van der Waals surface area (Å²) < 4.78 is 0. The maximum absolute atomic E-state index is 5.46. The molecule has 0 amide bonds. The number of benzene rings is 1. The Morgan fingerprint density at radius 3 is 3.00 bits per heavy atom. The number of hydrogen-bond acceptors (Lipinski definition) is 5. The number of nitrogens with zero attached hydrogens (tertiary/aromatic N) is 2. The number of nitrogens with two attached hydrogens (primary N) is 1. The topological polar surface area (TPSA) is 63.8 Å². The second kappa shape index (κ2) is 5.34. The van der Waals surface area contributed by atoms with E-state index in [0.29, 0.717) is 6.54 Å². The van der Waals surface area contributed by atoms with Gasteiger partial charge in [0.2, 0.25) is 0 Å². The van der Waals surface area contributed by atoms with E-state index in [9.17, 15) is 0 Å². The molecule has 0 aliphatic carbocycles. The summed E-state index contributed by atoms with van der Waals surface area (Å²) in [4.78, 5) is 9.62. The molecule has 0 aliphatic rings. The molecule has 0 saturated carbocycles.